The molecule has 0 aliphatic rings. The molecule has 0 aromatic heterocycles. The van der Waals surface area contributed by atoms with Crippen LogP contribution < -0.4 is 11.5 Å². The number of aromatic carboxylic acids is 1. The molecular formula is C23H20N6O16S5. The lowest BCUT2D eigenvalue weighted by molar-refractivity contribution is -0.135. The molecule has 0 aliphatic carbocycles. The highest BCUT2D eigenvalue weighted by atomic mass is 32.3. The first-order valence-electron chi connectivity index (χ1n) is 12.4. The topological polar surface area (TPSA) is 364 Å². The Morgan fingerprint density at radius 1 is 0.820 bits per heavy atom. The van der Waals surface area contributed by atoms with Crippen molar-refractivity contribution in [1.29, 1.82) is 0 Å². The van der Waals surface area contributed by atoms with Crippen molar-refractivity contribution >= 4 is 92.6 Å². The second-order valence-corrected chi connectivity index (χ2v) is 15.3. The summed E-state index contributed by atoms with van der Waals surface area (Å²) in [5.74, 6) is -2.37. The number of carboxylic acid groups (broad SMARTS) is 1. The van der Waals surface area contributed by atoms with E-state index >= 15 is 0 Å². The van der Waals surface area contributed by atoms with Crippen molar-refractivity contribution in [3.8, 4) is 11.4 Å². The molecule has 0 aliphatic heterocycles. The average molecular weight is 797 g/mol. The zero-order valence-corrected chi connectivity index (χ0v) is 28.3. The van der Waals surface area contributed by atoms with Crippen molar-refractivity contribution in [2.24, 2.45) is 20.5 Å². The van der Waals surface area contributed by atoms with Crippen LogP contribution in [-0.4, -0.2) is 70.8 Å². The van der Waals surface area contributed by atoms with E-state index in [2.05, 4.69) is 39.1 Å². The number of carboxylic acids is 1. The summed E-state index contributed by atoms with van der Waals surface area (Å²) < 4.78 is 125. The minimum Gasteiger partial charge on any atom is -0.478 e. The Bertz CT molecular complexity index is 2370. The molecule has 3 aromatic rings. The van der Waals surface area contributed by atoms with Gasteiger partial charge in [-0.05, 0) is 64.6 Å². The lowest BCUT2D eigenvalue weighted by atomic mass is 10.1. The van der Waals surface area contributed by atoms with Crippen LogP contribution in [0.2, 0.25) is 0 Å². The van der Waals surface area contributed by atoms with Crippen LogP contribution in [0.3, 0.4) is 0 Å². The van der Waals surface area contributed by atoms with Gasteiger partial charge >= 0.3 is 26.8 Å². The zero-order chi connectivity index (χ0) is 37.5. The van der Waals surface area contributed by atoms with Crippen molar-refractivity contribution in [3.05, 3.63) is 54.1 Å². The quantitative estimate of drug-likeness (QED) is 0.0259. The number of nitrogens with zero attached hydrogens (tertiary/aromatic N) is 4. The van der Waals surface area contributed by atoms with Crippen LogP contribution in [0, 0.1) is 11.4 Å². The maximum absolute atomic E-state index is 12.4. The summed E-state index contributed by atoms with van der Waals surface area (Å²) in [6.45, 7) is -0.847. The Balaban J connectivity index is 1.93. The summed E-state index contributed by atoms with van der Waals surface area (Å²) in [5.41, 5.74) is 9.30. The van der Waals surface area contributed by atoms with E-state index in [0.29, 0.717) is 11.8 Å². The van der Waals surface area contributed by atoms with Gasteiger partial charge in [-0.1, -0.05) is 0 Å². The smallest absolute Gasteiger partial charge is 0.433 e. The third-order valence-electron chi connectivity index (χ3n) is 5.45. The molecule has 3 rings (SSSR count). The number of carbonyl (C=O) groups is 1. The molecule has 0 bridgehead atoms. The maximum atomic E-state index is 12.4. The van der Waals surface area contributed by atoms with Crippen LogP contribution in [0.1, 0.15) is 10.4 Å². The Labute approximate surface area is 286 Å². The molecule has 50 heavy (non-hydrogen) atoms. The van der Waals surface area contributed by atoms with Gasteiger partial charge in [-0.25, -0.2) is 17.4 Å². The first-order valence-corrected chi connectivity index (χ1v) is 19.1. The highest BCUT2D eigenvalue weighted by Gasteiger charge is 2.22. The van der Waals surface area contributed by atoms with Gasteiger partial charge in [0.05, 0.1) is 39.9 Å². The fraction of sp³-hybridized carbons (Fsp3) is 0.0870. The van der Waals surface area contributed by atoms with Gasteiger partial charge in [0.1, 0.15) is 22.0 Å². The summed E-state index contributed by atoms with van der Waals surface area (Å²) in [7, 11) is -18.8. The Kier molecular flexibility index (Phi) is 12.6. The van der Waals surface area contributed by atoms with Crippen molar-refractivity contribution in [1.82, 2.24) is 0 Å². The average Bonchev–Trinajstić information content (AvgIpc) is 2.98. The summed E-state index contributed by atoms with van der Waals surface area (Å²) in [4.78, 5) is 14.8. The molecule has 0 atom stereocenters. The first kappa shape index (κ1) is 39.7. The number of nitrogen functional groups attached to an aromatic ring is 2. The van der Waals surface area contributed by atoms with Crippen LogP contribution in [0.25, 0.3) is 0 Å². The van der Waals surface area contributed by atoms with Gasteiger partial charge < -0.3 is 16.6 Å². The predicted octanol–water partition coefficient (Wildman–Crippen LogP) is 2.98. The Morgan fingerprint density at radius 3 is 2.04 bits per heavy atom. The number of hydrogen-bond donors (Lipinski definition) is 6. The van der Waals surface area contributed by atoms with Gasteiger partial charge in [0.2, 0.25) is 0 Å². The zero-order valence-electron chi connectivity index (χ0n) is 24.2. The number of anilines is 2. The molecule has 0 amide bonds. The normalized spacial score (nSPS) is 12.5. The number of hydrogen-bond acceptors (Lipinski definition) is 19. The monoisotopic (exact) mass is 796 g/mol. The molecule has 0 radical (unpaired) electrons. The molecule has 0 saturated carbocycles. The molecule has 268 valence electrons. The Morgan fingerprint density at radius 2 is 1.46 bits per heavy atom. The molecule has 0 heterocycles. The number of rotatable bonds is 14. The van der Waals surface area contributed by atoms with E-state index in [0.717, 1.165) is 30.3 Å². The van der Waals surface area contributed by atoms with Gasteiger partial charge in [-0.2, -0.15) is 30.4 Å². The number of thioether (sulfide) groups is 1. The molecule has 3 aromatic carbocycles. The van der Waals surface area contributed by atoms with Gasteiger partial charge in [-0.15, -0.1) is 15.3 Å². The number of nitrogens with two attached hydrogens (primary N) is 2. The molecule has 22 nitrogen and oxygen atoms in total. The van der Waals surface area contributed by atoms with E-state index in [-0.39, 0.29) is 26.9 Å². The van der Waals surface area contributed by atoms with Crippen molar-refractivity contribution < 1.29 is 70.6 Å². The number of azo groups is 2. The number of benzene rings is 3. The summed E-state index contributed by atoms with van der Waals surface area (Å²) in [5, 5.41) is 27.1. The molecular weight excluding hydrogens is 777 g/mol. The molecule has 0 saturated heterocycles. The lowest BCUT2D eigenvalue weighted by Gasteiger charge is -2.10. The minimum absolute atomic E-state index is 0.0391. The fourth-order valence-corrected chi connectivity index (χ4v) is 6.23. The van der Waals surface area contributed by atoms with Crippen LogP contribution in [0.15, 0.2) is 83.7 Å². The largest absolute Gasteiger partial charge is 0.478 e. The third kappa shape index (κ3) is 11.7. The standard InChI is InChI=1S/C23H20N6O16S5/c24-17-12-16(23(30)31)21(28-27-18-6-3-14(11-19(18)48(34,35)36)46-9-7-43-45-50(40,41)42)20(25)22(17)29-26-13-1-4-15(5-2-13)47(32,33)10-8-44-49(37,38)39/h1-6,11-12H,8,10,24-25H2,(H,30,31)(H,34,35,36)(H,37,38,39)(H,40,41,42). The second kappa shape index (κ2) is 15.9. The summed E-state index contributed by atoms with van der Waals surface area (Å²) in [6.07, 6.45) is 1.73. The van der Waals surface area contributed by atoms with E-state index in [1.165, 1.54) is 18.2 Å². The predicted molar refractivity (Wildman–Crippen MR) is 170 cm³/mol. The first-order chi connectivity index (χ1) is 23.1. The van der Waals surface area contributed by atoms with E-state index in [4.69, 9.17) is 20.6 Å². The van der Waals surface area contributed by atoms with Crippen LogP contribution in [0.5, 0.6) is 0 Å². The van der Waals surface area contributed by atoms with E-state index < -0.39 is 86.6 Å². The summed E-state index contributed by atoms with van der Waals surface area (Å²) >= 11 is 0.558. The van der Waals surface area contributed by atoms with Gasteiger partial charge in [-0.3, -0.25) is 18.5 Å². The molecule has 27 heteroatoms. The summed E-state index contributed by atoms with van der Waals surface area (Å²) in [6, 6.07) is 8.64. The Hall–Kier alpha value is -4.76. The second-order valence-electron chi connectivity index (χ2n) is 8.88. The van der Waals surface area contributed by atoms with E-state index in [1.807, 2.05) is 0 Å². The minimum atomic E-state index is -4.99. The molecule has 0 spiro atoms. The maximum Gasteiger partial charge on any atom is 0.433 e. The molecule has 0 unspecified atom stereocenters. The lowest BCUT2D eigenvalue weighted by Crippen LogP contribution is -2.15. The van der Waals surface area contributed by atoms with E-state index in [9.17, 15) is 48.1 Å². The molecule has 8 N–H and O–H groups in total. The van der Waals surface area contributed by atoms with Crippen molar-refractivity contribution in [3.63, 3.8) is 0 Å². The third-order valence-corrected chi connectivity index (χ3v) is 9.41. The SMILES string of the molecule is Nc1cc(C(=O)O)c(N=Nc2ccc(SC#COOS(=O)(=O)O)cc2S(=O)(=O)O)c(N)c1N=Nc1ccc(S(=O)(=O)CCOS(=O)(=O)O)cc1. The molecule has 0 fully saturated rings. The highest BCUT2D eigenvalue weighted by Crippen LogP contribution is 2.42. The van der Waals surface area contributed by atoms with Crippen LogP contribution in [-0.2, 0) is 54.2 Å². The van der Waals surface area contributed by atoms with Gasteiger partial charge in [0, 0.05) is 10.1 Å². The van der Waals surface area contributed by atoms with E-state index in [1.54, 1.807) is 6.11 Å². The van der Waals surface area contributed by atoms with Crippen molar-refractivity contribution in [2.45, 2.75) is 14.7 Å². The fourth-order valence-electron chi connectivity index (χ4n) is 3.39. The number of sulfone groups is 1. The van der Waals surface area contributed by atoms with Crippen molar-refractivity contribution in [2.75, 3.05) is 23.8 Å². The highest BCUT2D eigenvalue weighted by molar-refractivity contribution is 8.04. The van der Waals surface area contributed by atoms with Gasteiger partial charge in [0.15, 0.2) is 15.9 Å². The van der Waals surface area contributed by atoms with Gasteiger partial charge in [0.25, 0.3) is 10.1 Å². The van der Waals surface area contributed by atoms with Crippen LogP contribution >= 0.6 is 11.8 Å². The van der Waals surface area contributed by atoms with Crippen LogP contribution in [0.4, 0.5) is 34.1 Å².